The molecule has 3 aliphatic rings. The lowest BCUT2D eigenvalue weighted by molar-refractivity contribution is -0.122. The maximum atomic E-state index is 14.6. The second-order valence-corrected chi connectivity index (χ2v) is 11.0. The Morgan fingerprint density at radius 3 is 2.44 bits per heavy atom. The number of para-hydroxylation sites is 1. The van der Waals surface area contributed by atoms with Crippen LogP contribution in [0.2, 0.25) is 0 Å². The molecular weight excluding hydrogens is 554 g/mol. The number of aromatic nitrogens is 1. The number of Topliss-reactive ketones (excluding diaryl/α,β-unsaturated/α-hetero) is 2. The van der Waals surface area contributed by atoms with Crippen LogP contribution in [-0.2, 0) is 10.2 Å². The molecule has 0 radical (unpaired) electrons. The predicted octanol–water partition coefficient (Wildman–Crippen LogP) is 5.83. The Bertz CT molecular complexity index is 1680. The molecule has 0 aliphatic carbocycles. The minimum Gasteiger partial charge on any atom is -0.358 e. The van der Waals surface area contributed by atoms with Crippen LogP contribution < -0.4 is 5.32 Å². The van der Waals surface area contributed by atoms with E-state index in [1.54, 1.807) is 30.5 Å². The molecule has 7 rings (SSSR count). The molecule has 1 saturated heterocycles. The molecule has 1 fully saturated rings. The van der Waals surface area contributed by atoms with Crippen molar-refractivity contribution in [2.45, 2.75) is 17.5 Å². The molecule has 39 heavy (non-hydrogen) atoms. The number of carbonyl (C=O) groups is 3. The average Bonchev–Trinajstić information content (AvgIpc) is 3.45. The number of hydrogen-bond donors (Lipinski definition) is 1. The summed E-state index contributed by atoms with van der Waals surface area (Å²) in [4.78, 5) is 49.5. The third kappa shape index (κ3) is 3.32. The van der Waals surface area contributed by atoms with E-state index in [1.165, 1.54) is 6.20 Å². The van der Waals surface area contributed by atoms with Gasteiger partial charge in [0.2, 0.25) is 5.91 Å². The van der Waals surface area contributed by atoms with Crippen LogP contribution in [0.3, 0.4) is 0 Å². The van der Waals surface area contributed by atoms with Crippen molar-refractivity contribution in [1.82, 2.24) is 9.88 Å². The smallest absolute Gasteiger partial charge is 0.238 e. The monoisotopic (exact) mass is 575 g/mol. The van der Waals surface area contributed by atoms with Gasteiger partial charge in [0.1, 0.15) is 11.5 Å². The maximum absolute atomic E-state index is 14.6. The Kier molecular flexibility index (Phi) is 5.39. The number of carbonyl (C=O) groups excluding carboxylic acids is 3. The number of anilines is 1. The van der Waals surface area contributed by atoms with Crippen LogP contribution in [-0.4, -0.2) is 33.4 Å². The minimum atomic E-state index is -1.35. The van der Waals surface area contributed by atoms with Crippen LogP contribution in [0, 0.1) is 5.92 Å². The SMILES string of the molecule is O=C(c1ccc(Br)cc1)C1C(C(=O)c2cccnc2)C2(C(=O)Nc3ccccc32)C2c3ccccc3C=CN12. The number of pyridine rings is 1. The standard InChI is InChI=1S/C32H22BrN3O3/c33-22-13-11-20(12-14-22)29(38)27-26(28(37)21-7-5-16-34-18-21)32(24-9-3-4-10-25(24)35-31(32)39)30-23-8-2-1-6-19(23)15-17-36(27)30/h1-18,26-27,30H,(H,35,39). The van der Waals surface area contributed by atoms with Crippen molar-refractivity contribution in [3.63, 3.8) is 0 Å². The van der Waals surface area contributed by atoms with Gasteiger partial charge in [-0.1, -0.05) is 70.5 Å². The van der Waals surface area contributed by atoms with Crippen molar-refractivity contribution >= 4 is 45.2 Å². The Hall–Kier alpha value is -4.36. The Morgan fingerprint density at radius 2 is 1.64 bits per heavy atom. The first-order chi connectivity index (χ1) is 19.0. The van der Waals surface area contributed by atoms with Crippen LogP contribution in [0.1, 0.15) is 43.4 Å². The van der Waals surface area contributed by atoms with Crippen LogP contribution >= 0.6 is 15.9 Å². The summed E-state index contributed by atoms with van der Waals surface area (Å²) in [6.07, 6.45) is 6.94. The summed E-state index contributed by atoms with van der Waals surface area (Å²) in [5, 5.41) is 3.06. The maximum Gasteiger partial charge on any atom is 0.238 e. The van der Waals surface area contributed by atoms with E-state index in [1.807, 2.05) is 77.8 Å². The molecule has 0 bridgehead atoms. The number of rotatable bonds is 4. The molecule has 7 heteroatoms. The summed E-state index contributed by atoms with van der Waals surface area (Å²) in [5.41, 5.74) is 2.74. The molecule has 3 aromatic carbocycles. The molecular formula is C32H22BrN3O3. The van der Waals surface area contributed by atoms with Crippen molar-refractivity contribution in [2.75, 3.05) is 5.32 Å². The summed E-state index contributed by atoms with van der Waals surface area (Å²) >= 11 is 3.44. The van der Waals surface area contributed by atoms with Gasteiger partial charge in [-0.05, 0) is 53.1 Å². The zero-order valence-corrected chi connectivity index (χ0v) is 22.2. The van der Waals surface area contributed by atoms with E-state index in [-0.39, 0.29) is 17.5 Å². The highest BCUT2D eigenvalue weighted by atomic mass is 79.9. The molecule has 190 valence electrons. The predicted molar refractivity (Wildman–Crippen MR) is 151 cm³/mol. The Morgan fingerprint density at radius 1 is 0.872 bits per heavy atom. The van der Waals surface area contributed by atoms with Crippen molar-refractivity contribution in [3.05, 3.63) is 136 Å². The first-order valence-corrected chi connectivity index (χ1v) is 13.5. The van der Waals surface area contributed by atoms with E-state index < -0.39 is 23.4 Å². The highest BCUT2D eigenvalue weighted by Crippen LogP contribution is 2.62. The quantitative estimate of drug-likeness (QED) is 0.310. The lowest BCUT2D eigenvalue weighted by Gasteiger charge is -2.38. The second kappa shape index (κ2) is 8.85. The van der Waals surface area contributed by atoms with E-state index in [0.29, 0.717) is 16.8 Å². The number of fused-ring (bicyclic) bond motifs is 6. The zero-order valence-electron chi connectivity index (χ0n) is 20.6. The fraction of sp³-hybridized carbons (Fsp3) is 0.125. The van der Waals surface area contributed by atoms with Gasteiger partial charge in [0.05, 0.1) is 12.0 Å². The highest BCUT2D eigenvalue weighted by Gasteiger charge is 2.70. The van der Waals surface area contributed by atoms with Gasteiger partial charge in [-0.3, -0.25) is 19.4 Å². The van der Waals surface area contributed by atoms with Gasteiger partial charge in [0.25, 0.3) is 0 Å². The summed E-state index contributed by atoms with van der Waals surface area (Å²) in [6.45, 7) is 0. The average molecular weight is 576 g/mol. The molecule has 4 atom stereocenters. The molecule has 6 nitrogen and oxygen atoms in total. The van der Waals surface area contributed by atoms with Crippen LogP contribution in [0.25, 0.3) is 6.08 Å². The lowest BCUT2D eigenvalue weighted by atomic mass is 9.62. The van der Waals surface area contributed by atoms with Crippen molar-refractivity contribution < 1.29 is 14.4 Å². The number of nitrogens with one attached hydrogen (secondary N) is 1. The number of hydrogen-bond acceptors (Lipinski definition) is 5. The van der Waals surface area contributed by atoms with Gasteiger partial charge in [-0.25, -0.2) is 0 Å². The normalized spacial score (nSPS) is 24.2. The highest BCUT2D eigenvalue weighted by molar-refractivity contribution is 9.10. The van der Waals surface area contributed by atoms with Crippen LogP contribution in [0.15, 0.2) is 108 Å². The fourth-order valence-corrected chi connectivity index (χ4v) is 6.91. The molecule has 3 aliphatic heterocycles. The Balaban J connectivity index is 1.54. The van der Waals surface area contributed by atoms with Gasteiger partial charge >= 0.3 is 0 Å². The fourth-order valence-electron chi connectivity index (χ4n) is 6.64. The molecule has 1 N–H and O–H groups in total. The van der Waals surface area contributed by atoms with Crippen LogP contribution in [0.5, 0.6) is 0 Å². The van der Waals surface area contributed by atoms with Gasteiger partial charge in [0.15, 0.2) is 11.6 Å². The second-order valence-electron chi connectivity index (χ2n) is 10.1. The van der Waals surface area contributed by atoms with Crippen molar-refractivity contribution in [1.29, 1.82) is 0 Å². The third-order valence-electron chi connectivity index (χ3n) is 8.20. The number of nitrogens with zero attached hydrogens (tertiary/aromatic N) is 2. The summed E-state index contributed by atoms with van der Waals surface area (Å²) in [6, 6.07) is 24.4. The summed E-state index contributed by atoms with van der Waals surface area (Å²) < 4.78 is 0.846. The largest absolute Gasteiger partial charge is 0.358 e. The van der Waals surface area contributed by atoms with E-state index >= 15 is 0 Å². The van der Waals surface area contributed by atoms with Gasteiger partial charge < -0.3 is 10.2 Å². The zero-order chi connectivity index (χ0) is 26.7. The van der Waals surface area contributed by atoms with Crippen molar-refractivity contribution in [3.8, 4) is 0 Å². The van der Waals surface area contributed by atoms with Crippen LogP contribution in [0.4, 0.5) is 5.69 Å². The van der Waals surface area contributed by atoms with E-state index in [2.05, 4.69) is 26.2 Å². The number of benzene rings is 3. The molecule has 4 unspecified atom stereocenters. The molecule has 1 aromatic heterocycles. The van der Waals surface area contributed by atoms with Gasteiger partial charge in [-0.2, -0.15) is 0 Å². The molecule has 1 amide bonds. The van der Waals surface area contributed by atoms with E-state index in [9.17, 15) is 14.4 Å². The van der Waals surface area contributed by atoms with E-state index in [4.69, 9.17) is 0 Å². The number of halogens is 1. The molecule has 4 aromatic rings. The van der Waals surface area contributed by atoms with E-state index in [0.717, 1.165) is 21.2 Å². The van der Waals surface area contributed by atoms with Gasteiger partial charge in [-0.15, -0.1) is 0 Å². The molecule has 4 heterocycles. The Labute approximate surface area is 233 Å². The van der Waals surface area contributed by atoms with Crippen molar-refractivity contribution in [2.24, 2.45) is 5.92 Å². The third-order valence-corrected chi connectivity index (χ3v) is 8.72. The summed E-state index contributed by atoms with van der Waals surface area (Å²) in [5.74, 6) is -1.79. The first kappa shape index (κ1) is 23.7. The number of ketones is 2. The molecule has 1 spiro atoms. The van der Waals surface area contributed by atoms with Gasteiger partial charge in [0, 0.05) is 39.9 Å². The summed E-state index contributed by atoms with van der Waals surface area (Å²) in [7, 11) is 0. The lowest BCUT2D eigenvalue weighted by Crippen LogP contribution is -2.49. The topological polar surface area (TPSA) is 79.4 Å². The molecule has 0 saturated carbocycles. The first-order valence-electron chi connectivity index (χ1n) is 12.7. The number of amides is 1. The minimum absolute atomic E-state index is 0.215.